The molecule has 14 heavy (non-hydrogen) atoms. The first-order chi connectivity index (χ1) is 6.49. The molecule has 0 unspecified atom stereocenters. The van der Waals surface area contributed by atoms with Gasteiger partial charge in [-0.2, -0.15) is 0 Å². The summed E-state index contributed by atoms with van der Waals surface area (Å²) in [6.07, 6.45) is 0.294. The van der Waals surface area contributed by atoms with E-state index in [1.165, 1.54) is 13.0 Å². The predicted octanol–water partition coefficient (Wildman–Crippen LogP) is 1.82. The molecule has 0 saturated carbocycles. The number of carboxylic acids is 1. The number of carbonyl (C=O) groups excluding carboxylic acids is 1. The van der Waals surface area contributed by atoms with Gasteiger partial charge < -0.3 is 5.11 Å². The molecule has 0 bridgehead atoms. The van der Waals surface area contributed by atoms with Crippen LogP contribution in [0.25, 0.3) is 0 Å². The van der Waals surface area contributed by atoms with E-state index < -0.39 is 5.97 Å². The van der Waals surface area contributed by atoms with Crippen LogP contribution in [0.4, 0.5) is 0 Å². The number of aryl methyl sites for hydroxylation is 1. The normalized spacial score (nSPS) is 9.86. The zero-order chi connectivity index (χ0) is 10.7. The summed E-state index contributed by atoms with van der Waals surface area (Å²) in [5, 5.41) is 8.78. The molecule has 0 aliphatic rings. The summed E-state index contributed by atoms with van der Waals surface area (Å²) in [4.78, 5) is 21.6. The summed E-state index contributed by atoms with van der Waals surface area (Å²) >= 11 is 0. The van der Waals surface area contributed by atoms with Crippen molar-refractivity contribution in [1.82, 2.24) is 0 Å². The fraction of sp³-hybridized carbons (Fsp3) is 0.273. The van der Waals surface area contributed by atoms with E-state index in [-0.39, 0.29) is 11.3 Å². The molecule has 0 atom stereocenters. The summed E-state index contributed by atoms with van der Waals surface area (Å²) in [5.74, 6) is -0.926. The van der Waals surface area contributed by atoms with Crippen LogP contribution in [0, 0.1) is 6.92 Å². The second-order valence-electron chi connectivity index (χ2n) is 3.39. The number of Topliss-reactive ketones (excluding diaryl/α,β-unsaturated/α-hetero) is 1. The van der Waals surface area contributed by atoms with Crippen molar-refractivity contribution < 1.29 is 14.7 Å². The smallest absolute Gasteiger partial charge is 0.335 e. The Balaban J connectivity index is 3.07. The van der Waals surface area contributed by atoms with Crippen LogP contribution in [0.3, 0.4) is 0 Å². The number of benzene rings is 1. The lowest BCUT2D eigenvalue weighted by Gasteiger charge is -2.02. The van der Waals surface area contributed by atoms with Gasteiger partial charge in [0, 0.05) is 6.42 Å². The van der Waals surface area contributed by atoms with Gasteiger partial charge in [-0.15, -0.1) is 0 Å². The van der Waals surface area contributed by atoms with Gasteiger partial charge in [0.1, 0.15) is 5.78 Å². The van der Waals surface area contributed by atoms with Gasteiger partial charge in [0.15, 0.2) is 0 Å². The van der Waals surface area contributed by atoms with Gasteiger partial charge in [-0.1, -0.05) is 6.07 Å². The number of aromatic carboxylic acids is 1. The molecule has 0 aromatic heterocycles. The topological polar surface area (TPSA) is 54.4 Å². The molecule has 0 spiro atoms. The average Bonchev–Trinajstić information content (AvgIpc) is 2.01. The van der Waals surface area contributed by atoms with Crippen molar-refractivity contribution in [2.45, 2.75) is 20.3 Å². The number of carbonyl (C=O) groups is 2. The van der Waals surface area contributed by atoms with Crippen LogP contribution < -0.4 is 0 Å². The Bertz CT molecular complexity index is 380. The molecule has 74 valence electrons. The fourth-order valence-corrected chi connectivity index (χ4v) is 1.38. The van der Waals surface area contributed by atoms with Crippen LogP contribution in [-0.2, 0) is 11.2 Å². The molecule has 1 rings (SSSR count). The Kier molecular flexibility index (Phi) is 3.02. The van der Waals surface area contributed by atoms with E-state index in [9.17, 15) is 9.59 Å². The Morgan fingerprint density at radius 3 is 2.43 bits per heavy atom. The minimum atomic E-state index is -0.960. The number of hydrogen-bond donors (Lipinski definition) is 1. The second kappa shape index (κ2) is 4.05. The third-order valence-corrected chi connectivity index (χ3v) is 1.84. The maximum atomic E-state index is 10.9. The largest absolute Gasteiger partial charge is 0.478 e. The van der Waals surface area contributed by atoms with Crippen molar-refractivity contribution in [2.24, 2.45) is 0 Å². The van der Waals surface area contributed by atoms with Crippen LogP contribution >= 0.6 is 0 Å². The molecular weight excluding hydrogens is 180 g/mol. The van der Waals surface area contributed by atoms with Gasteiger partial charge in [-0.3, -0.25) is 4.79 Å². The summed E-state index contributed by atoms with van der Waals surface area (Å²) in [6.45, 7) is 3.30. The van der Waals surface area contributed by atoms with Gasteiger partial charge in [0.05, 0.1) is 5.56 Å². The minimum Gasteiger partial charge on any atom is -0.478 e. The highest BCUT2D eigenvalue weighted by molar-refractivity contribution is 5.88. The summed E-state index contributed by atoms with van der Waals surface area (Å²) in [5.41, 5.74) is 1.86. The van der Waals surface area contributed by atoms with Crippen LogP contribution in [0.5, 0.6) is 0 Å². The molecule has 0 radical (unpaired) electrons. The Labute approximate surface area is 82.4 Å². The van der Waals surface area contributed by atoms with Gasteiger partial charge in [-0.05, 0) is 37.1 Å². The molecule has 1 aromatic rings. The number of hydrogen-bond acceptors (Lipinski definition) is 2. The maximum Gasteiger partial charge on any atom is 0.335 e. The zero-order valence-corrected chi connectivity index (χ0v) is 8.20. The molecule has 1 N–H and O–H groups in total. The van der Waals surface area contributed by atoms with Crippen LogP contribution in [0.2, 0.25) is 0 Å². The quantitative estimate of drug-likeness (QED) is 0.794. The first-order valence-corrected chi connectivity index (χ1v) is 4.32. The summed E-state index contributed by atoms with van der Waals surface area (Å²) in [7, 11) is 0. The first-order valence-electron chi connectivity index (χ1n) is 4.32. The fourth-order valence-electron chi connectivity index (χ4n) is 1.38. The van der Waals surface area contributed by atoms with E-state index in [4.69, 9.17) is 5.11 Å². The van der Waals surface area contributed by atoms with Crippen molar-refractivity contribution in [3.8, 4) is 0 Å². The van der Waals surface area contributed by atoms with Crippen molar-refractivity contribution in [1.29, 1.82) is 0 Å². The van der Waals surface area contributed by atoms with Gasteiger partial charge in [0.25, 0.3) is 0 Å². The number of ketones is 1. The zero-order valence-electron chi connectivity index (χ0n) is 8.20. The third-order valence-electron chi connectivity index (χ3n) is 1.84. The summed E-state index contributed by atoms with van der Waals surface area (Å²) in [6, 6.07) is 4.95. The van der Waals surface area contributed by atoms with Crippen molar-refractivity contribution >= 4 is 11.8 Å². The highest BCUT2D eigenvalue weighted by Crippen LogP contribution is 2.10. The van der Waals surface area contributed by atoms with Crippen molar-refractivity contribution in [2.75, 3.05) is 0 Å². The summed E-state index contributed by atoms with van der Waals surface area (Å²) < 4.78 is 0. The second-order valence-corrected chi connectivity index (χ2v) is 3.39. The molecule has 0 aliphatic carbocycles. The van der Waals surface area contributed by atoms with E-state index in [1.807, 2.05) is 13.0 Å². The van der Waals surface area contributed by atoms with Crippen LogP contribution in [-0.4, -0.2) is 16.9 Å². The molecular formula is C11H12O3. The molecule has 3 nitrogen and oxygen atoms in total. The van der Waals surface area contributed by atoms with Gasteiger partial charge in [0.2, 0.25) is 0 Å². The van der Waals surface area contributed by atoms with E-state index in [0.29, 0.717) is 6.42 Å². The highest BCUT2D eigenvalue weighted by atomic mass is 16.4. The molecule has 0 saturated heterocycles. The predicted molar refractivity (Wildman–Crippen MR) is 52.5 cm³/mol. The number of carboxylic acid groups (broad SMARTS) is 1. The molecule has 0 aliphatic heterocycles. The standard InChI is InChI=1S/C11H12O3/c1-7-3-9(5-8(2)12)6-10(4-7)11(13)14/h3-4,6H,5H2,1-2H3,(H,13,14). The third kappa shape index (κ3) is 2.69. The lowest BCUT2D eigenvalue weighted by molar-refractivity contribution is -0.116. The van der Waals surface area contributed by atoms with Crippen LogP contribution in [0.15, 0.2) is 18.2 Å². The molecule has 3 heteroatoms. The molecule has 0 heterocycles. The van der Waals surface area contributed by atoms with Crippen LogP contribution in [0.1, 0.15) is 28.4 Å². The maximum absolute atomic E-state index is 10.9. The SMILES string of the molecule is CC(=O)Cc1cc(C)cc(C(=O)O)c1. The minimum absolute atomic E-state index is 0.0342. The monoisotopic (exact) mass is 192 g/mol. The Hall–Kier alpha value is -1.64. The first kappa shape index (κ1) is 10.4. The average molecular weight is 192 g/mol. The van der Waals surface area contributed by atoms with Crippen molar-refractivity contribution in [3.63, 3.8) is 0 Å². The molecule has 1 aromatic carbocycles. The highest BCUT2D eigenvalue weighted by Gasteiger charge is 2.06. The molecule has 0 amide bonds. The molecule has 0 fully saturated rings. The van der Waals surface area contributed by atoms with Gasteiger partial charge in [-0.25, -0.2) is 4.79 Å². The van der Waals surface area contributed by atoms with E-state index in [1.54, 1.807) is 6.07 Å². The van der Waals surface area contributed by atoms with Crippen molar-refractivity contribution in [3.05, 3.63) is 34.9 Å². The van der Waals surface area contributed by atoms with E-state index >= 15 is 0 Å². The van der Waals surface area contributed by atoms with Gasteiger partial charge >= 0.3 is 5.97 Å². The lowest BCUT2D eigenvalue weighted by Crippen LogP contribution is -2.02. The van der Waals surface area contributed by atoms with E-state index in [2.05, 4.69) is 0 Å². The Morgan fingerprint density at radius 1 is 1.29 bits per heavy atom. The van der Waals surface area contributed by atoms with E-state index in [0.717, 1.165) is 11.1 Å². The number of rotatable bonds is 3. The Morgan fingerprint density at radius 2 is 1.93 bits per heavy atom. The lowest BCUT2D eigenvalue weighted by atomic mass is 10.0.